The summed E-state index contributed by atoms with van der Waals surface area (Å²) in [5, 5.41) is 66.1. The number of hydrogen-bond acceptors (Lipinski definition) is 14. The van der Waals surface area contributed by atoms with Crippen LogP contribution in [0.1, 0.15) is 51.8 Å². The Morgan fingerprint density at radius 1 is 0.614 bits per heavy atom. The van der Waals surface area contributed by atoms with Gasteiger partial charge in [-0.05, 0) is 48.5 Å². The van der Waals surface area contributed by atoms with Gasteiger partial charge in [0.1, 0.15) is 11.4 Å². The van der Waals surface area contributed by atoms with Crippen molar-refractivity contribution in [3.05, 3.63) is 117 Å². The molecule has 0 saturated carbocycles. The Labute approximate surface area is 327 Å². The molecule has 0 aliphatic rings. The quantitative estimate of drug-likeness (QED) is 0.0544. The highest BCUT2D eigenvalue weighted by atomic mass is 35.5. The molecule has 6 rings (SSSR count). The van der Waals surface area contributed by atoms with Crippen LogP contribution in [0.4, 0.5) is 40.5 Å². The molecule has 0 aliphatic carbocycles. The third-order valence-corrected chi connectivity index (χ3v) is 8.26. The first-order chi connectivity index (χ1) is 27.1. The number of carboxylic acid groups (broad SMARTS) is 5. The Morgan fingerprint density at radius 3 is 1.56 bits per heavy atom. The van der Waals surface area contributed by atoms with Crippen LogP contribution in [-0.2, 0) is 0 Å². The number of nitrogen functional groups attached to an aromatic ring is 1. The minimum absolute atomic E-state index is 0.0408. The van der Waals surface area contributed by atoms with Gasteiger partial charge in [0, 0.05) is 16.9 Å². The molecule has 0 bridgehead atoms. The average Bonchev–Trinajstić information content (AvgIpc) is 3.49. The Bertz CT molecular complexity index is 2530. The molecule has 2 aromatic heterocycles. The number of carboxylic acids is 5. The predicted octanol–water partition coefficient (Wildman–Crippen LogP) is 7.01. The summed E-state index contributed by atoms with van der Waals surface area (Å²) >= 11 is 12.3. The number of nitrogens with one attached hydrogen (secondary N) is 2. The SMILES string of the molecule is Nc1c(N=Nc2cc(C(=O)O)c(Cl)cc2Cl)c(-c2ccccc2)nn1-c1nc(Nc2cc(C(=O)O)cc(C(=O)O)c2)nc(Nc2cc(C(=O)O)cc(C(=O)O)c2)n1. The molecule has 286 valence electrons. The lowest BCUT2D eigenvalue weighted by Gasteiger charge is -2.12. The number of nitrogens with two attached hydrogens (primary N) is 1. The molecule has 6 aromatic rings. The normalized spacial score (nSPS) is 11.0. The fourth-order valence-electron chi connectivity index (χ4n) is 5.07. The van der Waals surface area contributed by atoms with E-state index in [1.807, 2.05) is 0 Å². The molecule has 2 heterocycles. The van der Waals surface area contributed by atoms with Gasteiger partial charge in [0.15, 0.2) is 11.5 Å². The predicted molar refractivity (Wildman–Crippen MR) is 202 cm³/mol. The summed E-state index contributed by atoms with van der Waals surface area (Å²) < 4.78 is 1.01. The van der Waals surface area contributed by atoms with Crippen LogP contribution < -0.4 is 16.4 Å². The summed E-state index contributed by atoms with van der Waals surface area (Å²) in [6, 6.07) is 17.0. The molecule has 0 fully saturated rings. The van der Waals surface area contributed by atoms with Gasteiger partial charge in [0.05, 0.1) is 37.9 Å². The zero-order chi connectivity index (χ0) is 41.1. The maximum atomic E-state index is 11.8. The topological polar surface area (TPSA) is 318 Å². The molecule has 0 atom stereocenters. The average molecular weight is 814 g/mol. The zero-order valence-corrected chi connectivity index (χ0v) is 29.8. The largest absolute Gasteiger partial charge is 0.478 e. The highest BCUT2D eigenvalue weighted by Gasteiger charge is 2.23. The van der Waals surface area contributed by atoms with Crippen molar-refractivity contribution in [2.24, 2.45) is 10.2 Å². The van der Waals surface area contributed by atoms with Gasteiger partial charge < -0.3 is 41.9 Å². The summed E-state index contributed by atoms with van der Waals surface area (Å²) in [5.41, 5.74) is 4.94. The van der Waals surface area contributed by atoms with Gasteiger partial charge in [-0.2, -0.15) is 24.7 Å². The molecule has 22 heteroatoms. The van der Waals surface area contributed by atoms with Crippen molar-refractivity contribution in [1.82, 2.24) is 24.7 Å². The lowest BCUT2D eigenvalue weighted by molar-refractivity contribution is 0.0676. The Balaban J connectivity index is 1.54. The smallest absolute Gasteiger partial charge is 0.337 e. The van der Waals surface area contributed by atoms with Crippen LogP contribution >= 0.6 is 23.2 Å². The number of carbonyl (C=O) groups is 5. The number of rotatable bonds is 13. The van der Waals surface area contributed by atoms with Gasteiger partial charge in [-0.1, -0.05) is 53.5 Å². The van der Waals surface area contributed by atoms with E-state index in [4.69, 9.17) is 28.9 Å². The minimum atomic E-state index is -1.44. The maximum absolute atomic E-state index is 11.8. The molecule has 0 aliphatic heterocycles. The van der Waals surface area contributed by atoms with Gasteiger partial charge in [0.25, 0.3) is 5.95 Å². The van der Waals surface area contributed by atoms with E-state index in [0.29, 0.717) is 5.56 Å². The van der Waals surface area contributed by atoms with Crippen LogP contribution in [-0.4, -0.2) is 80.1 Å². The molecular formula is C35H22Cl2N10O10. The first kappa shape index (κ1) is 38.7. The maximum Gasteiger partial charge on any atom is 0.337 e. The molecule has 0 unspecified atom stereocenters. The fourth-order valence-corrected chi connectivity index (χ4v) is 5.57. The Kier molecular flexibility index (Phi) is 10.7. The highest BCUT2D eigenvalue weighted by Crippen LogP contribution is 2.39. The summed E-state index contributed by atoms with van der Waals surface area (Å²) in [5.74, 6) is -8.42. The van der Waals surface area contributed by atoms with E-state index in [1.54, 1.807) is 30.3 Å². The van der Waals surface area contributed by atoms with Crippen LogP contribution in [0.15, 0.2) is 89.1 Å². The first-order valence-electron chi connectivity index (χ1n) is 15.7. The summed E-state index contributed by atoms with van der Waals surface area (Å²) in [6.45, 7) is 0. The zero-order valence-electron chi connectivity index (χ0n) is 28.2. The molecule has 9 N–H and O–H groups in total. The molecule has 20 nitrogen and oxygen atoms in total. The van der Waals surface area contributed by atoms with E-state index in [9.17, 15) is 49.5 Å². The van der Waals surface area contributed by atoms with E-state index in [0.717, 1.165) is 47.1 Å². The van der Waals surface area contributed by atoms with E-state index < -0.39 is 52.1 Å². The van der Waals surface area contributed by atoms with Gasteiger partial charge >= 0.3 is 29.8 Å². The van der Waals surface area contributed by atoms with Gasteiger partial charge in [-0.3, -0.25) is 0 Å². The number of anilines is 5. The Hall–Kier alpha value is -7.97. The summed E-state index contributed by atoms with van der Waals surface area (Å²) in [6.07, 6.45) is 0. The van der Waals surface area contributed by atoms with Crippen LogP contribution in [0.25, 0.3) is 17.2 Å². The number of nitrogens with zero attached hydrogens (tertiary/aromatic N) is 7. The van der Waals surface area contributed by atoms with Gasteiger partial charge in [0.2, 0.25) is 11.9 Å². The van der Waals surface area contributed by atoms with Crippen molar-refractivity contribution >= 4 is 93.5 Å². The molecule has 4 aromatic carbocycles. The summed E-state index contributed by atoms with van der Waals surface area (Å²) in [4.78, 5) is 71.9. The van der Waals surface area contributed by atoms with Gasteiger partial charge in [-0.15, -0.1) is 10.2 Å². The molecule has 0 amide bonds. The first-order valence-corrected chi connectivity index (χ1v) is 16.5. The van der Waals surface area contributed by atoms with E-state index in [2.05, 4.69) is 40.9 Å². The van der Waals surface area contributed by atoms with E-state index in [1.165, 1.54) is 6.07 Å². The second kappa shape index (κ2) is 15.8. The van der Waals surface area contributed by atoms with Crippen molar-refractivity contribution in [2.45, 2.75) is 0 Å². The molecule has 0 spiro atoms. The molecule has 57 heavy (non-hydrogen) atoms. The monoisotopic (exact) mass is 812 g/mol. The number of halogens is 2. The van der Waals surface area contributed by atoms with Crippen molar-refractivity contribution in [3.8, 4) is 17.2 Å². The third-order valence-electron chi connectivity index (χ3n) is 7.65. The van der Waals surface area contributed by atoms with Crippen molar-refractivity contribution in [3.63, 3.8) is 0 Å². The van der Waals surface area contributed by atoms with E-state index in [-0.39, 0.29) is 67.7 Å². The van der Waals surface area contributed by atoms with Crippen LogP contribution in [0.3, 0.4) is 0 Å². The lowest BCUT2D eigenvalue weighted by atomic mass is 10.1. The second-order valence-electron chi connectivity index (χ2n) is 11.5. The standard InChI is InChI=1S/C35H22Cl2N10O10/c36-22-13-23(37)24(12-21(22)32(56)57)44-45-26-25(14-4-2-1-3-5-14)46-47(27(26)38)35-42-33(39-19-8-15(28(48)49)6-16(9-19)29(50)51)41-34(43-35)40-20-10-17(30(52)53)7-18(11-20)31(54)55/h1-13H,38H2,(H,48,49)(H,50,51)(H,52,53)(H,54,55)(H,56,57)(H2,39,40,41,42,43). The molecule has 0 radical (unpaired) electrons. The summed E-state index contributed by atoms with van der Waals surface area (Å²) in [7, 11) is 0. The highest BCUT2D eigenvalue weighted by molar-refractivity contribution is 6.38. The van der Waals surface area contributed by atoms with Crippen molar-refractivity contribution in [1.29, 1.82) is 0 Å². The number of benzene rings is 4. The number of azo groups is 1. The van der Waals surface area contributed by atoms with Crippen LogP contribution in [0.5, 0.6) is 0 Å². The van der Waals surface area contributed by atoms with Crippen molar-refractivity contribution in [2.75, 3.05) is 16.4 Å². The minimum Gasteiger partial charge on any atom is -0.478 e. The number of hydrogen-bond donors (Lipinski definition) is 8. The Morgan fingerprint density at radius 2 is 1.11 bits per heavy atom. The van der Waals surface area contributed by atoms with E-state index >= 15 is 0 Å². The lowest BCUT2D eigenvalue weighted by Crippen LogP contribution is -2.13. The van der Waals surface area contributed by atoms with Crippen LogP contribution in [0, 0.1) is 0 Å². The second-order valence-corrected chi connectivity index (χ2v) is 12.3. The van der Waals surface area contributed by atoms with Crippen molar-refractivity contribution < 1.29 is 49.5 Å². The molecule has 0 saturated heterocycles. The number of aromatic carboxylic acids is 5. The third kappa shape index (κ3) is 8.56. The van der Waals surface area contributed by atoms with Crippen LogP contribution in [0.2, 0.25) is 10.0 Å². The molecular weight excluding hydrogens is 791 g/mol. The number of aromatic nitrogens is 5. The fraction of sp³-hybridized carbons (Fsp3) is 0. The van der Waals surface area contributed by atoms with Gasteiger partial charge in [-0.25, -0.2) is 24.0 Å².